The Labute approximate surface area is 109 Å². The van der Waals surface area contributed by atoms with Crippen LogP contribution >= 0.6 is 11.6 Å². The van der Waals surface area contributed by atoms with Gasteiger partial charge < -0.3 is 9.72 Å². The maximum atomic E-state index is 11.9. The van der Waals surface area contributed by atoms with Crippen molar-refractivity contribution in [2.45, 2.75) is 5.03 Å². The zero-order valence-corrected chi connectivity index (χ0v) is 10.9. The first-order valence-electron chi connectivity index (χ1n) is 4.87. The van der Waals surface area contributed by atoms with Crippen LogP contribution in [0.5, 0.6) is 5.75 Å². The van der Waals surface area contributed by atoms with E-state index in [0.29, 0.717) is 16.5 Å². The molecule has 1 heterocycles. The first-order chi connectivity index (χ1) is 8.53. The standard InChI is InChI=1S/C10H10ClN3O3S/c1-17-9-3-2-7(4-8(9)11)14-18(15,16)10-5-12-6-13-10/h2-6,14H,1H3,(H,12,13). The molecule has 0 saturated heterocycles. The molecule has 0 saturated carbocycles. The van der Waals surface area contributed by atoms with Crippen molar-refractivity contribution in [2.75, 3.05) is 11.8 Å². The van der Waals surface area contributed by atoms with E-state index in [4.69, 9.17) is 16.3 Å². The summed E-state index contributed by atoms with van der Waals surface area (Å²) in [7, 11) is -2.19. The van der Waals surface area contributed by atoms with E-state index in [1.165, 1.54) is 25.7 Å². The number of halogens is 1. The molecule has 0 aliphatic heterocycles. The predicted octanol–water partition coefficient (Wildman–Crippen LogP) is 1.87. The van der Waals surface area contributed by atoms with Gasteiger partial charge >= 0.3 is 0 Å². The van der Waals surface area contributed by atoms with Gasteiger partial charge in [-0.3, -0.25) is 4.72 Å². The fourth-order valence-electron chi connectivity index (χ4n) is 1.33. The maximum Gasteiger partial charge on any atom is 0.278 e. The Bertz CT molecular complexity index is 640. The molecule has 18 heavy (non-hydrogen) atoms. The molecule has 0 radical (unpaired) electrons. The van der Waals surface area contributed by atoms with Crippen molar-refractivity contribution in [1.82, 2.24) is 9.97 Å². The number of methoxy groups -OCH3 is 1. The van der Waals surface area contributed by atoms with E-state index in [1.807, 2.05) is 0 Å². The average Bonchev–Trinajstić information content (AvgIpc) is 2.82. The molecule has 1 aromatic carbocycles. The zero-order chi connectivity index (χ0) is 13.2. The number of hydrogen-bond acceptors (Lipinski definition) is 4. The molecule has 8 heteroatoms. The molecule has 0 unspecified atom stereocenters. The third-order valence-electron chi connectivity index (χ3n) is 2.17. The monoisotopic (exact) mass is 287 g/mol. The number of hydrogen-bond donors (Lipinski definition) is 2. The van der Waals surface area contributed by atoms with Gasteiger partial charge in [-0.25, -0.2) is 4.98 Å². The molecule has 6 nitrogen and oxygen atoms in total. The lowest BCUT2D eigenvalue weighted by Gasteiger charge is -2.08. The molecule has 0 aliphatic carbocycles. The highest BCUT2D eigenvalue weighted by Gasteiger charge is 2.16. The lowest BCUT2D eigenvalue weighted by molar-refractivity contribution is 0.415. The van der Waals surface area contributed by atoms with Gasteiger partial charge in [-0.1, -0.05) is 11.6 Å². The van der Waals surface area contributed by atoms with Crippen LogP contribution < -0.4 is 9.46 Å². The summed E-state index contributed by atoms with van der Waals surface area (Å²) in [6, 6.07) is 4.60. The molecule has 0 spiro atoms. The molecule has 0 aliphatic rings. The van der Waals surface area contributed by atoms with Gasteiger partial charge in [0.05, 0.1) is 30.3 Å². The lowest BCUT2D eigenvalue weighted by Crippen LogP contribution is -2.13. The predicted molar refractivity (Wildman–Crippen MR) is 67.4 cm³/mol. The molecule has 0 amide bonds. The minimum atomic E-state index is -3.67. The number of nitrogens with one attached hydrogen (secondary N) is 2. The molecule has 0 fully saturated rings. The van der Waals surface area contributed by atoms with Crippen molar-refractivity contribution in [1.29, 1.82) is 0 Å². The Balaban J connectivity index is 2.27. The normalized spacial score (nSPS) is 11.2. The van der Waals surface area contributed by atoms with Crippen LogP contribution in [0.25, 0.3) is 0 Å². The molecule has 0 bridgehead atoms. The number of aromatic amines is 1. The van der Waals surface area contributed by atoms with Gasteiger partial charge in [0.1, 0.15) is 5.75 Å². The van der Waals surface area contributed by atoms with Crippen LogP contribution in [0.1, 0.15) is 0 Å². The van der Waals surface area contributed by atoms with E-state index in [9.17, 15) is 8.42 Å². The minimum absolute atomic E-state index is 0.0190. The summed E-state index contributed by atoms with van der Waals surface area (Å²) in [5, 5.41) is 0.303. The first kappa shape index (κ1) is 12.7. The molecule has 2 rings (SSSR count). The Hall–Kier alpha value is -1.73. The van der Waals surface area contributed by atoms with E-state index in [-0.39, 0.29) is 5.03 Å². The van der Waals surface area contributed by atoms with Crippen LogP contribution in [0.4, 0.5) is 5.69 Å². The molecule has 2 N–H and O–H groups in total. The largest absolute Gasteiger partial charge is 0.495 e. The number of aromatic nitrogens is 2. The highest BCUT2D eigenvalue weighted by molar-refractivity contribution is 7.92. The highest BCUT2D eigenvalue weighted by Crippen LogP contribution is 2.28. The van der Waals surface area contributed by atoms with Crippen LogP contribution in [0.2, 0.25) is 5.02 Å². The number of rotatable bonds is 4. The van der Waals surface area contributed by atoms with E-state index in [2.05, 4.69) is 14.7 Å². The minimum Gasteiger partial charge on any atom is -0.495 e. The van der Waals surface area contributed by atoms with Crippen molar-refractivity contribution in [3.63, 3.8) is 0 Å². The Morgan fingerprint density at radius 1 is 1.44 bits per heavy atom. The van der Waals surface area contributed by atoms with Gasteiger partial charge in [0.25, 0.3) is 10.0 Å². The second-order valence-electron chi connectivity index (χ2n) is 3.37. The van der Waals surface area contributed by atoms with Crippen LogP contribution in [0, 0.1) is 0 Å². The Morgan fingerprint density at radius 3 is 2.78 bits per heavy atom. The van der Waals surface area contributed by atoms with Crippen LogP contribution in [0.15, 0.2) is 35.7 Å². The van der Waals surface area contributed by atoms with E-state index in [0.717, 1.165) is 0 Å². The molecule has 2 aromatic rings. The van der Waals surface area contributed by atoms with Gasteiger partial charge in [-0.05, 0) is 18.2 Å². The van der Waals surface area contributed by atoms with Gasteiger partial charge in [0.2, 0.25) is 0 Å². The van der Waals surface area contributed by atoms with Crippen molar-refractivity contribution in [3.05, 3.63) is 35.7 Å². The fourth-order valence-corrected chi connectivity index (χ4v) is 2.54. The topological polar surface area (TPSA) is 84.1 Å². The second-order valence-corrected chi connectivity index (χ2v) is 5.43. The number of anilines is 1. The SMILES string of the molecule is COc1ccc(NS(=O)(=O)c2cnc[nH]2)cc1Cl. The molecule has 0 atom stereocenters. The van der Waals surface area contributed by atoms with Crippen LogP contribution in [-0.4, -0.2) is 25.5 Å². The number of nitrogens with zero attached hydrogens (tertiary/aromatic N) is 1. The van der Waals surface area contributed by atoms with Gasteiger partial charge in [-0.2, -0.15) is 8.42 Å². The van der Waals surface area contributed by atoms with Gasteiger partial charge in [0, 0.05) is 0 Å². The second kappa shape index (κ2) is 4.87. The smallest absolute Gasteiger partial charge is 0.278 e. The number of ether oxygens (including phenoxy) is 1. The summed E-state index contributed by atoms with van der Waals surface area (Å²) in [6.07, 6.45) is 2.50. The Kier molecular flexibility index (Phi) is 3.44. The quantitative estimate of drug-likeness (QED) is 0.899. The highest BCUT2D eigenvalue weighted by atomic mass is 35.5. The van der Waals surface area contributed by atoms with E-state index in [1.54, 1.807) is 12.1 Å². The average molecular weight is 288 g/mol. The van der Waals surface area contributed by atoms with Gasteiger partial charge in [0.15, 0.2) is 5.03 Å². The number of benzene rings is 1. The molecular formula is C10H10ClN3O3S. The summed E-state index contributed by atoms with van der Waals surface area (Å²) in [5.74, 6) is 0.473. The molecule has 96 valence electrons. The molecule has 1 aromatic heterocycles. The maximum absolute atomic E-state index is 11.9. The lowest BCUT2D eigenvalue weighted by atomic mass is 10.3. The summed E-state index contributed by atoms with van der Waals surface area (Å²) < 4.78 is 31.1. The summed E-state index contributed by atoms with van der Waals surface area (Å²) in [6.45, 7) is 0. The van der Waals surface area contributed by atoms with Crippen molar-refractivity contribution in [3.8, 4) is 5.75 Å². The van der Waals surface area contributed by atoms with Crippen molar-refractivity contribution >= 4 is 27.3 Å². The summed E-state index contributed by atoms with van der Waals surface area (Å²) in [4.78, 5) is 6.17. The number of imidazole rings is 1. The third kappa shape index (κ3) is 2.57. The first-order valence-corrected chi connectivity index (χ1v) is 6.74. The third-order valence-corrected chi connectivity index (χ3v) is 3.77. The number of H-pyrrole nitrogens is 1. The van der Waals surface area contributed by atoms with Gasteiger partial charge in [-0.15, -0.1) is 0 Å². The van der Waals surface area contributed by atoms with Crippen molar-refractivity contribution in [2.24, 2.45) is 0 Å². The van der Waals surface area contributed by atoms with Crippen LogP contribution in [0.3, 0.4) is 0 Å². The summed E-state index contributed by atoms with van der Waals surface area (Å²) in [5.41, 5.74) is 0.343. The van der Waals surface area contributed by atoms with Crippen LogP contribution in [-0.2, 0) is 10.0 Å². The fraction of sp³-hybridized carbons (Fsp3) is 0.100. The zero-order valence-electron chi connectivity index (χ0n) is 9.34. The molecular weight excluding hydrogens is 278 g/mol. The Morgan fingerprint density at radius 2 is 2.22 bits per heavy atom. The van der Waals surface area contributed by atoms with E-state index >= 15 is 0 Å². The van der Waals surface area contributed by atoms with Crippen molar-refractivity contribution < 1.29 is 13.2 Å². The van der Waals surface area contributed by atoms with E-state index < -0.39 is 10.0 Å². The number of sulfonamides is 1. The summed E-state index contributed by atoms with van der Waals surface area (Å²) >= 11 is 5.90.